The van der Waals surface area contributed by atoms with Crippen molar-refractivity contribution in [2.24, 2.45) is 0 Å². The highest BCUT2D eigenvalue weighted by Crippen LogP contribution is 2.33. The normalized spacial score (nSPS) is 10.8. The van der Waals surface area contributed by atoms with E-state index in [9.17, 15) is 4.39 Å². The summed E-state index contributed by atoms with van der Waals surface area (Å²) in [6, 6.07) is 13.8. The first-order chi connectivity index (χ1) is 10.1. The minimum Gasteiger partial charge on any atom is -0.383 e. The molecule has 0 aliphatic carbocycles. The fourth-order valence-corrected chi connectivity index (χ4v) is 2.47. The Balaban J connectivity index is 2.17. The molecule has 106 valence electrons. The Kier molecular flexibility index (Phi) is 3.39. The van der Waals surface area contributed by atoms with E-state index in [1.807, 2.05) is 37.3 Å². The number of aromatic nitrogens is 2. The number of benzene rings is 2. The third kappa shape index (κ3) is 2.38. The Morgan fingerprint density at radius 2 is 1.86 bits per heavy atom. The molecule has 3 rings (SSSR count). The van der Waals surface area contributed by atoms with Gasteiger partial charge >= 0.3 is 0 Å². The molecule has 0 fully saturated rings. The van der Waals surface area contributed by atoms with E-state index in [0.29, 0.717) is 22.1 Å². The van der Waals surface area contributed by atoms with Gasteiger partial charge in [0.05, 0.1) is 16.4 Å². The minimum atomic E-state index is -0.378. The number of rotatable bonds is 2. The maximum Gasteiger partial charge on any atom is 0.130 e. The van der Waals surface area contributed by atoms with Crippen molar-refractivity contribution in [3.05, 3.63) is 64.9 Å². The molecular formula is C16H13ClFN3. The quantitative estimate of drug-likeness (QED) is 0.770. The molecule has 3 aromatic rings. The number of nitrogens with zero attached hydrogens (tertiary/aromatic N) is 2. The minimum absolute atomic E-state index is 0.316. The second-order valence-electron chi connectivity index (χ2n) is 4.73. The van der Waals surface area contributed by atoms with E-state index < -0.39 is 0 Å². The first kappa shape index (κ1) is 13.6. The highest BCUT2D eigenvalue weighted by molar-refractivity contribution is 6.33. The third-order valence-corrected chi connectivity index (χ3v) is 3.67. The molecule has 1 aromatic heterocycles. The van der Waals surface area contributed by atoms with E-state index in [0.717, 1.165) is 11.3 Å². The van der Waals surface area contributed by atoms with Crippen molar-refractivity contribution < 1.29 is 4.39 Å². The van der Waals surface area contributed by atoms with Gasteiger partial charge in [0.2, 0.25) is 0 Å². The lowest BCUT2D eigenvalue weighted by Crippen LogP contribution is -2.01. The van der Waals surface area contributed by atoms with Crippen LogP contribution in [0.5, 0.6) is 0 Å². The molecule has 0 saturated carbocycles. The summed E-state index contributed by atoms with van der Waals surface area (Å²) in [7, 11) is 0. The zero-order valence-electron chi connectivity index (χ0n) is 11.3. The number of hydrogen-bond donors (Lipinski definition) is 1. The van der Waals surface area contributed by atoms with Crippen molar-refractivity contribution in [1.82, 2.24) is 9.78 Å². The fourth-order valence-electron chi connectivity index (χ4n) is 2.21. The topological polar surface area (TPSA) is 43.8 Å². The monoisotopic (exact) mass is 301 g/mol. The van der Waals surface area contributed by atoms with Crippen LogP contribution in [0.15, 0.2) is 48.5 Å². The van der Waals surface area contributed by atoms with Crippen LogP contribution in [0.2, 0.25) is 5.02 Å². The van der Waals surface area contributed by atoms with Crippen LogP contribution in [0.1, 0.15) is 5.56 Å². The average Bonchev–Trinajstić information content (AvgIpc) is 2.77. The van der Waals surface area contributed by atoms with Gasteiger partial charge in [0.1, 0.15) is 11.6 Å². The van der Waals surface area contributed by atoms with E-state index in [-0.39, 0.29) is 5.82 Å². The van der Waals surface area contributed by atoms with Crippen LogP contribution >= 0.6 is 11.6 Å². The maximum atomic E-state index is 13.2. The Hall–Kier alpha value is -2.33. The molecule has 5 heteroatoms. The smallest absolute Gasteiger partial charge is 0.130 e. The standard InChI is InChI=1S/C16H13ClFN3/c1-10-15(13-8-7-11(18)9-14(13)17)20-21(16(10)19)12-5-3-2-4-6-12/h2-9H,19H2,1H3. The van der Waals surface area contributed by atoms with Crippen LogP contribution in [0.4, 0.5) is 10.2 Å². The Labute approximate surface area is 126 Å². The SMILES string of the molecule is Cc1c(-c2ccc(F)cc2Cl)nn(-c2ccccc2)c1N. The Morgan fingerprint density at radius 3 is 2.52 bits per heavy atom. The van der Waals surface area contributed by atoms with Crippen LogP contribution in [0, 0.1) is 12.7 Å². The zero-order valence-corrected chi connectivity index (χ0v) is 12.1. The van der Waals surface area contributed by atoms with Crippen molar-refractivity contribution in [3.63, 3.8) is 0 Å². The van der Waals surface area contributed by atoms with Crippen LogP contribution in [0.3, 0.4) is 0 Å². The van der Waals surface area contributed by atoms with Crippen molar-refractivity contribution in [2.75, 3.05) is 5.73 Å². The predicted molar refractivity (Wildman–Crippen MR) is 83.1 cm³/mol. The summed E-state index contributed by atoms with van der Waals surface area (Å²) in [5, 5.41) is 4.84. The lowest BCUT2D eigenvalue weighted by molar-refractivity contribution is 0.628. The number of halogens is 2. The summed E-state index contributed by atoms with van der Waals surface area (Å²) >= 11 is 6.11. The molecular weight excluding hydrogens is 289 g/mol. The van der Waals surface area contributed by atoms with Crippen LogP contribution in [0.25, 0.3) is 16.9 Å². The number of hydrogen-bond acceptors (Lipinski definition) is 2. The van der Waals surface area contributed by atoms with E-state index >= 15 is 0 Å². The van der Waals surface area contributed by atoms with Gasteiger partial charge in [0.15, 0.2) is 0 Å². The van der Waals surface area contributed by atoms with Crippen LogP contribution in [-0.2, 0) is 0 Å². The lowest BCUT2D eigenvalue weighted by Gasteiger charge is -2.03. The van der Waals surface area contributed by atoms with Gasteiger partial charge in [-0.1, -0.05) is 29.8 Å². The second kappa shape index (κ2) is 5.22. The summed E-state index contributed by atoms with van der Waals surface area (Å²) in [5.74, 6) is 0.161. The van der Waals surface area contributed by atoms with E-state index in [2.05, 4.69) is 5.10 Å². The molecule has 3 nitrogen and oxygen atoms in total. The van der Waals surface area contributed by atoms with Gasteiger partial charge in [-0.05, 0) is 37.3 Å². The molecule has 0 aliphatic rings. The summed E-state index contributed by atoms with van der Waals surface area (Å²) in [4.78, 5) is 0. The highest BCUT2D eigenvalue weighted by atomic mass is 35.5. The summed E-state index contributed by atoms with van der Waals surface area (Å²) < 4.78 is 14.8. The molecule has 0 bridgehead atoms. The van der Waals surface area contributed by atoms with Gasteiger partial charge in [0, 0.05) is 11.1 Å². The van der Waals surface area contributed by atoms with Gasteiger partial charge in [-0.2, -0.15) is 5.10 Å². The molecule has 0 radical (unpaired) electrons. The van der Waals surface area contributed by atoms with Crippen LogP contribution in [-0.4, -0.2) is 9.78 Å². The number of nitrogens with two attached hydrogens (primary N) is 1. The molecule has 2 aromatic carbocycles. The summed E-state index contributed by atoms with van der Waals surface area (Å²) in [6.07, 6.45) is 0. The van der Waals surface area contributed by atoms with Gasteiger partial charge in [-0.25, -0.2) is 9.07 Å². The van der Waals surface area contributed by atoms with Gasteiger partial charge < -0.3 is 5.73 Å². The molecule has 0 saturated heterocycles. The molecule has 2 N–H and O–H groups in total. The Morgan fingerprint density at radius 1 is 1.14 bits per heavy atom. The molecule has 1 heterocycles. The van der Waals surface area contributed by atoms with Gasteiger partial charge in [0.25, 0.3) is 0 Å². The predicted octanol–water partition coefficient (Wildman–Crippen LogP) is 4.22. The molecule has 0 spiro atoms. The first-order valence-electron chi connectivity index (χ1n) is 6.44. The summed E-state index contributed by atoms with van der Waals surface area (Å²) in [6.45, 7) is 1.87. The zero-order chi connectivity index (χ0) is 15.0. The third-order valence-electron chi connectivity index (χ3n) is 3.35. The van der Waals surface area contributed by atoms with Gasteiger partial charge in [-0.15, -0.1) is 0 Å². The van der Waals surface area contributed by atoms with Crippen molar-refractivity contribution >= 4 is 17.4 Å². The number of anilines is 1. The van der Waals surface area contributed by atoms with Crippen LogP contribution < -0.4 is 5.73 Å². The lowest BCUT2D eigenvalue weighted by atomic mass is 10.1. The molecule has 0 aliphatic heterocycles. The number of para-hydroxylation sites is 1. The van der Waals surface area contributed by atoms with E-state index in [1.54, 1.807) is 10.7 Å². The molecule has 0 amide bonds. The maximum absolute atomic E-state index is 13.2. The van der Waals surface area contributed by atoms with E-state index in [1.165, 1.54) is 12.1 Å². The Bertz CT molecular complexity index is 797. The number of nitrogen functional groups attached to an aromatic ring is 1. The van der Waals surface area contributed by atoms with Gasteiger partial charge in [-0.3, -0.25) is 0 Å². The summed E-state index contributed by atoms with van der Waals surface area (Å²) in [5.41, 5.74) is 9.13. The molecule has 21 heavy (non-hydrogen) atoms. The highest BCUT2D eigenvalue weighted by Gasteiger charge is 2.17. The second-order valence-corrected chi connectivity index (χ2v) is 5.14. The average molecular weight is 302 g/mol. The van der Waals surface area contributed by atoms with E-state index in [4.69, 9.17) is 17.3 Å². The van der Waals surface area contributed by atoms with Crippen molar-refractivity contribution in [2.45, 2.75) is 6.92 Å². The van der Waals surface area contributed by atoms with Crippen molar-refractivity contribution in [1.29, 1.82) is 0 Å². The largest absolute Gasteiger partial charge is 0.383 e. The molecule has 0 unspecified atom stereocenters. The molecule has 0 atom stereocenters. The van der Waals surface area contributed by atoms with Crippen molar-refractivity contribution in [3.8, 4) is 16.9 Å². The first-order valence-corrected chi connectivity index (χ1v) is 6.81. The fraction of sp³-hybridized carbons (Fsp3) is 0.0625.